The van der Waals surface area contributed by atoms with Gasteiger partial charge in [-0.15, -0.1) is 0 Å². The van der Waals surface area contributed by atoms with Crippen molar-refractivity contribution >= 4 is 0 Å². The maximum atomic E-state index is 3.68. The molecule has 0 spiro atoms. The van der Waals surface area contributed by atoms with Crippen molar-refractivity contribution in [2.24, 2.45) is 0 Å². The van der Waals surface area contributed by atoms with Crippen molar-refractivity contribution in [1.82, 2.24) is 5.32 Å². The Morgan fingerprint density at radius 3 is 2.45 bits per heavy atom. The van der Waals surface area contributed by atoms with E-state index in [1.54, 1.807) is 6.08 Å². The van der Waals surface area contributed by atoms with Crippen LogP contribution in [0.25, 0.3) is 0 Å². The van der Waals surface area contributed by atoms with E-state index in [2.05, 4.69) is 31.8 Å². The van der Waals surface area contributed by atoms with E-state index >= 15 is 0 Å². The zero-order valence-electron chi connectivity index (χ0n) is 7.65. The molecule has 0 saturated heterocycles. The van der Waals surface area contributed by atoms with Gasteiger partial charge < -0.3 is 5.32 Å². The minimum atomic E-state index is 1.05. The first kappa shape index (κ1) is 10.0. The van der Waals surface area contributed by atoms with Crippen LogP contribution in [-0.2, 0) is 0 Å². The highest BCUT2D eigenvalue weighted by molar-refractivity contribution is 5.22. The standard InChI is InChI=1S/C10H17N/c1-5-9(3)7-8-10(6-2)11-4/h6-8,11H,2,5H2,1,3-4H3/b9-7-,10-8+. The Balaban J connectivity index is 4.17. The number of hydrogen-bond donors (Lipinski definition) is 1. The molecule has 0 aromatic carbocycles. The largest absolute Gasteiger partial charge is 0.388 e. The van der Waals surface area contributed by atoms with Crippen LogP contribution in [0.15, 0.2) is 36.1 Å². The molecule has 0 aliphatic carbocycles. The van der Waals surface area contributed by atoms with Crippen LogP contribution in [0.3, 0.4) is 0 Å². The van der Waals surface area contributed by atoms with Gasteiger partial charge in [0.15, 0.2) is 0 Å². The van der Waals surface area contributed by atoms with E-state index in [0.29, 0.717) is 0 Å². The maximum absolute atomic E-state index is 3.68. The molecule has 0 atom stereocenters. The van der Waals surface area contributed by atoms with E-state index in [-0.39, 0.29) is 0 Å². The first-order valence-electron chi connectivity index (χ1n) is 3.92. The fourth-order valence-corrected chi connectivity index (χ4v) is 0.603. The molecule has 0 unspecified atom stereocenters. The predicted octanol–water partition coefficient (Wildman–Crippen LogP) is 2.63. The normalized spacial score (nSPS) is 13.0. The van der Waals surface area contributed by atoms with E-state index in [1.165, 1.54) is 5.57 Å². The van der Waals surface area contributed by atoms with Crippen molar-refractivity contribution in [3.63, 3.8) is 0 Å². The summed E-state index contributed by atoms with van der Waals surface area (Å²) in [6, 6.07) is 0. The number of hydrogen-bond acceptors (Lipinski definition) is 1. The van der Waals surface area contributed by atoms with E-state index in [1.807, 2.05) is 13.1 Å². The summed E-state index contributed by atoms with van der Waals surface area (Å²) in [5, 5.41) is 3.03. The van der Waals surface area contributed by atoms with Crippen LogP contribution in [0.4, 0.5) is 0 Å². The smallest absolute Gasteiger partial charge is 0.0331 e. The highest BCUT2D eigenvalue weighted by Crippen LogP contribution is 1.99. The summed E-state index contributed by atoms with van der Waals surface area (Å²) in [5.41, 5.74) is 2.43. The summed E-state index contributed by atoms with van der Waals surface area (Å²) < 4.78 is 0. The van der Waals surface area contributed by atoms with Crippen LogP contribution >= 0.6 is 0 Å². The molecule has 0 aliphatic heterocycles. The van der Waals surface area contributed by atoms with Gasteiger partial charge in [0, 0.05) is 12.7 Å². The van der Waals surface area contributed by atoms with Crippen LogP contribution in [0.1, 0.15) is 20.3 Å². The number of allylic oxidation sites excluding steroid dienone is 4. The average molecular weight is 151 g/mol. The molecule has 0 rings (SSSR count). The van der Waals surface area contributed by atoms with Crippen LogP contribution in [0, 0.1) is 0 Å². The maximum Gasteiger partial charge on any atom is 0.0331 e. The summed E-state index contributed by atoms with van der Waals surface area (Å²) in [6.45, 7) is 7.94. The highest BCUT2D eigenvalue weighted by atomic mass is 14.8. The molecule has 0 heterocycles. The first-order valence-corrected chi connectivity index (χ1v) is 3.92. The summed E-state index contributed by atoms with van der Waals surface area (Å²) in [6.07, 6.45) is 7.05. The molecule has 0 bridgehead atoms. The van der Waals surface area contributed by atoms with Crippen LogP contribution < -0.4 is 5.32 Å². The lowest BCUT2D eigenvalue weighted by atomic mass is 10.2. The molecule has 0 aromatic rings. The molecule has 0 saturated carbocycles. The van der Waals surface area contributed by atoms with Gasteiger partial charge in [-0.3, -0.25) is 0 Å². The number of likely N-dealkylation sites (N-methyl/N-ethyl adjacent to an activating group) is 1. The third kappa shape index (κ3) is 4.43. The van der Waals surface area contributed by atoms with Crippen molar-refractivity contribution in [2.45, 2.75) is 20.3 Å². The molecule has 0 amide bonds. The lowest BCUT2D eigenvalue weighted by molar-refractivity contribution is 1.03. The average Bonchev–Trinajstić information content (AvgIpc) is 2.06. The zero-order chi connectivity index (χ0) is 8.69. The van der Waals surface area contributed by atoms with Gasteiger partial charge in [0.25, 0.3) is 0 Å². The van der Waals surface area contributed by atoms with Crippen LogP contribution in [0.2, 0.25) is 0 Å². The minimum Gasteiger partial charge on any atom is -0.388 e. The zero-order valence-corrected chi connectivity index (χ0v) is 7.65. The molecule has 0 fully saturated rings. The van der Waals surface area contributed by atoms with Gasteiger partial charge in [0.05, 0.1) is 0 Å². The van der Waals surface area contributed by atoms with Gasteiger partial charge >= 0.3 is 0 Å². The van der Waals surface area contributed by atoms with E-state index in [4.69, 9.17) is 0 Å². The van der Waals surface area contributed by atoms with Crippen molar-refractivity contribution in [2.75, 3.05) is 7.05 Å². The Morgan fingerprint density at radius 1 is 1.45 bits per heavy atom. The fourth-order valence-electron chi connectivity index (χ4n) is 0.603. The van der Waals surface area contributed by atoms with Gasteiger partial charge in [-0.2, -0.15) is 0 Å². The molecule has 0 radical (unpaired) electrons. The Bertz CT molecular complexity index is 175. The van der Waals surface area contributed by atoms with Crippen molar-refractivity contribution in [3.8, 4) is 0 Å². The molecule has 11 heavy (non-hydrogen) atoms. The Morgan fingerprint density at radius 2 is 2.09 bits per heavy atom. The molecule has 1 N–H and O–H groups in total. The van der Waals surface area contributed by atoms with E-state index in [9.17, 15) is 0 Å². The molecule has 0 aromatic heterocycles. The third-order valence-corrected chi connectivity index (χ3v) is 1.61. The molecular weight excluding hydrogens is 134 g/mol. The third-order valence-electron chi connectivity index (χ3n) is 1.61. The molecule has 1 heteroatoms. The van der Waals surface area contributed by atoms with Gasteiger partial charge in [0.2, 0.25) is 0 Å². The second kappa shape index (κ2) is 5.78. The summed E-state index contributed by atoms with van der Waals surface area (Å²) >= 11 is 0. The van der Waals surface area contributed by atoms with Gasteiger partial charge in [-0.25, -0.2) is 0 Å². The molecular formula is C10H17N. The van der Waals surface area contributed by atoms with Gasteiger partial charge in [0.1, 0.15) is 0 Å². The van der Waals surface area contributed by atoms with Gasteiger partial charge in [-0.1, -0.05) is 25.2 Å². The lowest BCUT2D eigenvalue weighted by Crippen LogP contribution is -2.01. The van der Waals surface area contributed by atoms with Crippen LogP contribution in [0.5, 0.6) is 0 Å². The topological polar surface area (TPSA) is 12.0 Å². The van der Waals surface area contributed by atoms with Crippen molar-refractivity contribution in [3.05, 3.63) is 36.1 Å². The van der Waals surface area contributed by atoms with E-state index < -0.39 is 0 Å². The summed E-state index contributed by atoms with van der Waals surface area (Å²) in [4.78, 5) is 0. The minimum absolute atomic E-state index is 1.05. The van der Waals surface area contributed by atoms with Crippen LogP contribution in [-0.4, -0.2) is 7.05 Å². The van der Waals surface area contributed by atoms with E-state index in [0.717, 1.165) is 12.1 Å². The summed E-state index contributed by atoms with van der Waals surface area (Å²) in [7, 11) is 1.89. The lowest BCUT2D eigenvalue weighted by Gasteiger charge is -1.97. The van der Waals surface area contributed by atoms with Gasteiger partial charge in [-0.05, 0) is 25.5 Å². The second-order valence-electron chi connectivity index (χ2n) is 2.44. The molecule has 0 aliphatic rings. The van der Waals surface area contributed by atoms with Crippen molar-refractivity contribution in [1.29, 1.82) is 0 Å². The predicted molar refractivity (Wildman–Crippen MR) is 51.4 cm³/mol. The molecule has 62 valence electrons. The first-order chi connectivity index (χ1) is 5.24. The Hall–Kier alpha value is -0.980. The fraction of sp³-hybridized carbons (Fsp3) is 0.400. The quantitative estimate of drug-likeness (QED) is 0.609. The number of rotatable bonds is 4. The summed E-state index contributed by atoms with van der Waals surface area (Å²) in [5.74, 6) is 0. The highest BCUT2D eigenvalue weighted by Gasteiger charge is 1.82. The molecule has 1 nitrogen and oxygen atoms in total. The number of nitrogens with one attached hydrogen (secondary N) is 1. The SMILES string of the molecule is C=C/C(=C\C=C(\C)CC)NC. The second-order valence-corrected chi connectivity index (χ2v) is 2.44. The Kier molecular flexibility index (Phi) is 5.26. The monoisotopic (exact) mass is 151 g/mol. The Labute approximate surface area is 69.5 Å². The van der Waals surface area contributed by atoms with Crippen molar-refractivity contribution < 1.29 is 0 Å².